The van der Waals surface area contributed by atoms with E-state index in [1.807, 2.05) is 6.92 Å². The second kappa shape index (κ2) is 11.8. The van der Waals surface area contributed by atoms with E-state index in [0.717, 1.165) is 48.3 Å². The Morgan fingerprint density at radius 1 is 1.16 bits per heavy atom. The maximum Gasteiger partial charge on any atom is 0.191 e. The molecule has 0 bridgehead atoms. The number of guanidine groups is 1. The fourth-order valence-electron chi connectivity index (χ4n) is 2.12. The van der Waals surface area contributed by atoms with Gasteiger partial charge in [0, 0.05) is 36.0 Å². The van der Waals surface area contributed by atoms with Crippen LogP contribution in [0.25, 0.3) is 0 Å². The fraction of sp³-hybridized carbons (Fsp3) is 0.588. The average Bonchev–Trinajstić information content (AvgIpc) is 3.18. The van der Waals surface area contributed by atoms with Gasteiger partial charge in [0.05, 0.1) is 17.2 Å². The van der Waals surface area contributed by atoms with Crippen LogP contribution in [-0.4, -0.2) is 29.0 Å². The molecule has 0 atom stereocenters. The lowest BCUT2D eigenvalue weighted by Gasteiger charge is -2.10. The Hall–Kier alpha value is -0.740. The fourth-order valence-corrected chi connectivity index (χ4v) is 3.81. The van der Waals surface area contributed by atoms with E-state index < -0.39 is 0 Å². The summed E-state index contributed by atoms with van der Waals surface area (Å²) in [7, 11) is 0. The van der Waals surface area contributed by atoms with Gasteiger partial charge in [0.1, 0.15) is 5.01 Å². The van der Waals surface area contributed by atoms with Crippen molar-refractivity contribution in [3.05, 3.63) is 32.2 Å². The molecule has 0 radical (unpaired) electrons. The highest BCUT2D eigenvalue weighted by Crippen LogP contribution is 2.18. The molecule has 2 rings (SSSR count). The van der Waals surface area contributed by atoms with Crippen LogP contribution < -0.4 is 10.6 Å². The summed E-state index contributed by atoms with van der Waals surface area (Å²) in [4.78, 5) is 13.8. The van der Waals surface area contributed by atoms with E-state index >= 15 is 0 Å². The molecule has 8 heteroatoms. The molecule has 2 heterocycles. The molecule has 0 aliphatic rings. The third kappa shape index (κ3) is 8.00. The van der Waals surface area contributed by atoms with Gasteiger partial charge >= 0.3 is 0 Å². The van der Waals surface area contributed by atoms with Crippen molar-refractivity contribution < 1.29 is 0 Å². The van der Waals surface area contributed by atoms with E-state index in [-0.39, 0.29) is 24.0 Å². The summed E-state index contributed by atoms with van der Waals surface area (Å²) in [5, 5.41) is 13.2. The number of aromatic nitrogens is 2. The summed E-state index contributed by atoms with van der Waals surface area (Å²) in [6.07, 6.45) is 2.06. The molecule has 25 heavy (non-hydrogen) atoms. The van der Waals surface area contributed by atoms with Gasteiger partial charge in [0.2, 0.25) is 0 Å². The Kier molecular flexibility index (Phi) is 10.5. The molecule has 0 aliphatic heterocycles. The van der Waals surface area contributed by atoms with E-state index in [4.69, 9.17) is 0 Å². The summed E-state index contributed by atoms with van der Waals surface area (Å²) in [5.41, 5.74) is 2.27. The minimum absolute atomic E-state index is 0. The van der Waals surface area contributed by atoms with Gasteiger partial charge in [-0.05, 0) is 26.2 Å². The summed E-state index contributed by atoms with van der Waals surface area (Å²) in [5.74, 6) is 1.33. The topological polar surface area (TPSA) is 62.2 Å². The molecule has 0 aromatic carbocycles. The average molecular weight is 493 g/mol. The Balaban J connectivity index is 0.00000312. The zero-order valence-corrected chi connectivity index (χ0v) is 19.3. The van der Waals surface area contributed by atoms with Gasteiger partial charge in [0.25, 0.3) is 0 Å². The van der Waals surface area contributed by atoms with Crippen LogP contribution in [0.2, 0.25) is 0 Å². The Morgan fingerprint density at radius 3 is 2.52 bits per heavy atom. The number of nitrogens with one attached hydrogen (secondary N) is 2. The first-order chi connectivity index (χ1) is 11.6. The molecule has 2 aromatic rings. The van der Waals surface area contributed by atoms with Crippen LogP contribution in [0, 0.1) is 6.92 Å². The first kappa shape index (κ1) is 22.3. The van der Waals surface area contributed by atoms with E-state index in [9.17, 15) is 0 Å². The maximum atomic E-state index is 4.63. The van der Waals surface area contributed by atoms with Crippen LogP contribution in [0.3, 0.4) is 0 Å². The minimum atomic E-state index is 0. The van der Waals surface area contributed by atoms with Crippen LogP contribution in [-0.2, 0) is 13.0 Å². The first-order valence-electron chi connectivity index (χ1n) is 8.46. The Labute approximate surface area is 175 Å². The summed E-state index contributed by atoms with van der Waals surface area (Å²) >= 11 is 3.42. The predicted octanol–water partition coefficient (Wildman–Crippen LogP) is 4.34. The van der Waals surface area contributed by atoms with Crippen LogP contribution in [0.15, 0.2) is 15.8 Å². The summed E-state index contributed by atoms with van der Waals surface area (Å²) < 4.78 is 0. The molecule has 0 spiro atoms. The molecule has 0 unspecified atom stereocenters. The SMILES string of the molecule is CCNC(=NCc1nc(C(C)C)cs1)NCCCc1nc(C)cs1.I. The van der Waals surface area contributed by atoms with Crippen molar-refractivity contribution in [3.63, 3.8) is 0 Å². The third-order valence-corrected chi connectivity index (χ3v) is 5.28. The second-order valence-corrected chi connectivity index (χ2v) is 7.81. The Bertz CT molecular complexity index is 651. The molecule has 0 saturated carbocycles. The van der Waals surface area contributed by atoms with Crippen molar-refractivity contribution >= 4 is 52.6 Å². The number of aliphatic imine (C=N–C) groups is 1. The number of thiazole rings is 2. The molecule has 5 nitrogen and oxygen atoms in total. The number of aryl methyl sites for hydroxylation is 2. The van der Waals surface area contributed by atoms with Crippen molar-refractivity contribution in [3.8, 4) is 0 Å². The van der Waals surface area contributed by atoms with Crippen LogP contribution in [0.4, 0.5) is 0 Å². The standard InChI is InChI=1S/C17H27N5S2.HI/c1-5-18-17(19-8-6-7-15-21-13(4)10-23-15)20-9-16-22-14(11-24-16)12(2)3;/h10-12H,5-9H2,1-4H3,(H2,18,19,20);1H. The van der Waals surface area contributed by atoms with Crippen molar-refractivity contribution in [1.82, 2.24) is 20.6 Å². The van der Waals surface area contributed by atoms with E-state index in [2.05, 4.69) is 57.1 Å². The number of hydrogen-bond acceptors (Lipinski definition) is 5. The van der Waals surface area contributed by atoms with Gasteiger partial charge in [-0.3, -0.25) is 0 Å². The number of hydrogen-bond donors (Lipinski definition) is 2. The van der Waals surface area contributed by atoms with Crippen LogP contribution in [0.1, 0.15) is 54.5 Å². The van der Waals surface area contributed by atoms with Gasteiger partial charge in [0.15, 0.2) is 5.96 Å². The summed E-state index contributed by atoms with van der Waals surface area (Å²) in [6.45, 7) is 10.8. The quantitative estimate of drug-likeness (QED) is 0.249. The van der Waals surface area contributed by atoms with Crippen LogP contribution in [0.5, 0.6) is 0 Å². The molecular formula is C17H28IN5S2. The maximum absolute atomic E-state index is 4.63. The van der Waals surface area contributed by atoms with Gasteiger partial charge < -0.3 is 10.6 Å². The van der Waals surface area contributed by atoms with Crippen molar-refractivity contribution in [2.24, 2.45) is 4.99 Å². The molecule has 2 N–H and O–H groups in total. The Morgan fingerprint density at radius 2 is 1.92 bits per heavy atom. The zero-order chi connectivity index (χ0) is 17.4. The zero-order valence-electron chi connectivity index (χ0n) is 15.3. The lowest BCUT2D eigenvalue weighted by molar-refractivity contribution is 0.739. The minimum Gasteiger partial charge on any atom is -0.357 e. The summed E-state index contributed by atoms with van der Waals surface area (Å²) in [6, 6.07) is 0. The number of nitrogens with zero attached hydrogens (tertiary/aromatic N) is 3. The monoisotopic (exact) mass is 493 g/mol. The van der Waals surface area contributed by atoms with Gasteiger partial charge in [-0.1, -0.05) is 13.8 Å². The number of rotatable bonds is 8. The largest absolute Gasteiger partial charge is 0.357 e. The smallest absolute Gasteiger partial charge is 0.191 e. The van der Waals surface area contributed by atoms with Crippen molar-refractivity contribution in [2.45, 2.75) is 53.0 Å². The molecule has 0 saturated heterocycles. The molecule has 140 valence electrons. The lowest BCUT2D eigenvalue weighted by Crippen LogP contribution is -2.37. The van der Waals surface area contributed by atoms with E-state index in [1.165, 1.54) is 5.01 Å². The van der Waals surface area contributed by atoms with E-state index in [0.29, 0.717) is 12.5 Å². The molecule has 2 aromatic heterocycles. The number of halogens is 1. The normalized spacial score (nSPS) is 11.5. The van der Waals surface area contributed by atoms with Crippen LogP contribution >= 0.6 is 46.7 Å². The first-order valence-corrected chi connectivity index (χ1v) is 10.2. The highest BCUT2D eigenvalue weighted by Gasteiger charge is 2.06. The van der Waals surface area contributed by atoms with Gasteiger partial charge in [-0.25, -0.2) is 15.0 Å². The second-order valence-electron chi connectivity index (χ2n) is 5.93. The molecule has 0 amide bonds. The lowest BCUT2D eigenvalue weighted by atomic mass is 10.2. The molecule has 0 aliphatic carbocycles. The van der Waals surface area contributed by atoms with E-state index in [1.54, 1.807) is 22.7 Å². The highest BCUT2D eigenvalue weighted by atomic mass is 127. The van der Waals surface area contributed by atoms with Gasteiger partial charge in [-0.2, -0.15) is 0 Å². The van der Waals surface area contributed by atoms with Crippen molar-refractivity contribution in [1.29, 1.82) is 0 Å². The molecular weight excluding hydrogens is 465 g/mol. The molecule has 0 fully saturated rings. The highest BCUT2D eigenvalue weighted by molar-refractivity contribution is 14.0. The van der Waals surface area contributed by atoms with Gasteiger partial charge in [-0.15, -0.1) is 46.7 Å². The third-order valence-electron chi connectivity index (χ3n) is 3.40. The predicted molar refractivity (Wildman–Crippen MR) is 120 cm³/mol. The van der Waals surface area contributed by atoms with Crippen molar-refractivity contribution in [2.75, 3.05) is 13.1 Å².